The van der Waals surface area contributed by atoms with E-state index in [4.69, 9.17) is 14.6 Å². The summed E-state index contributed by atoms with van der Waals surface area (Å²) in [5, 5.41) is 38.0. The Morgan fingerprint density at radius 2 is 1.81 bits per heavy atom. The van der Waals surface area contributed by atoms with E-state index in [2.05, 4.69) is 0 Å². The van der Waals surface area contributed by atoms with Crippen LogP contribution in [0, 0.1) is 5.92 Å². The number of Topliss-reactive ketones (excluding diaryl/α,β-unsaturated/α-hetero) is 1. The molecule has 7 heteroatoms. The molecule has 0 aromatic heterocycles. The van der Waals surface area contributed by atoms with E-state index in [1.165, 1.54) is 0 Å². The number of rotatable bonds is 8. The summed E-state index contributed by atoms with van der Waals surface area (Å²) in [5.74, 6) is 0.221. The Labute approximate surface area is 124 Å². The number of aliphatic hydroxyl groups excluding tert-OH is 4. The number of hydrogen-bond acceptors (Lipinski definition) is 7. The van der Waals surface area contributed by atoms with Crippen molar-refractivity contribution in [2.45, 2.75) is 63.8 Å². The number of hydrogen-bond donors (Lipinski definition) is 4. The average molecular weight is 306 g/mol. The second-order valence-electron chi connectivity index (χ2n) is 5.65. The third-order valence-corrected chi connectivity index (χ3v) is 3.59. The Bertz CT molecular complexity index is 318. The second-order valence-corrected chi connectivity index (χ2v) is 5.65. The maximum atomic E-state index is 11.4. The van der Waals surface area contributed by atoms with Gasteiger partial charge in [-0.25, -0.2) is 0 Å². The molecule has 21 heavy (non-hydrogen) atoms. The van der Waals surface area contributed by atoms with Crippen LogP contribution in [-0.4, -0.2) is 70.1 Å². The normalized spacial score (nSPS) is 33.4. The van der Waals surface area contributed by atoms with Crippen LogP contribution >= 0.6 is 0 Å². The van der Waals surface area contributed by atoms with Gasteiger partial charge in [-0.3, -0.25) is 4.79 Å². The molecule has 0 aliphatic carbocycles. The van der Waals surface area contributed by atoms with Gasteiger partial charge in [0.05, 0.1) is 6.61 Å². The molecule has 1 heterocycles. The maximum absolute atomic E-state index is 11.4. The largest absolute Gasteiger partial charge is 0.394 e. The van der Waals surface area contributed by atoms with Crippen molar-refractivity contribution in [2.75, 3.05) is 13.2 Å². The first kappa shape index (κ1) is 18.5. The van der Waals surface area contributed by atoms with Crippen LogP contribution in [0.5, 0.6) is 0 Å². The molecule has 4 N–H and O–H groups in total. The summed E-state index contributed by atoms with van der Waals surface area (Å²) >= 11 is 0. The molecule has 0 bridgehead atoms. The SMILES string of the molecule is CC(C)C(=O)CCCCOC1OC(CO)C(O)C(O)C1O. The van der Waals surface area contributed by atoms with Gasteiger partial charge in [-0.1, -0.05) is 13.8 Å². The minimum atomic E-state index is -1.43. The van der Waals surface area contributed by atoms with E-state index in [0.717, 1.165) is 0 Å². The summed E-state index contributed by atoms with van der Waals surface area (Å²) in [6, 6.07) is 0. The highest BCUT2D eigenvalue weighted by Crippen LogP contribution is 2.22. The fourth-order valence-corrected chi connectivity index (χ4v) is 2.09. The molecule has 0 saturated carbocycles. The van der Waals surface area contributed by atoms with Crippen LogP contribution in [0.25, 0.3) is 0 Å². The molecular weight excluding hydrogens is 280 g/mol. The monoisotopic (exact) mass is 306 g/mol. The van der Waals surface area contributed by atoms with E-state index in [9.17, 15) is 20.1 Å². The van der Waals surface area contributed by atoms with Crippen LogP contribution in [0.3, 0.4) is 0 Å². The van der Waals surface area contributed by atoms with E-state index in [-0.39, 0.29) is 18.3 Å². The van der Waals surface area contributed by atoms with Crippen LogP contribution in [0.15, 0.2) is 0 Å². The van der Waals surface area contributed by atoms with Gasteiger partial charge in [0.1, 0.15) is 30.2 Å². The number of ketones is 1. The minimum absolute atomic E-state index is 0.0244. The molecule has 5 unspecified atom stereocenters. The van der Waals surface area contributed by atoms with E-state index in [0.29, 0.717) is 19.3 Å². The van der Waals surface area contributed by atoms with Crippen LogP contribution in [-0.2, 0) is 14.3 Å². The molecule has 7 nitrogen and oxygen atoms in total. The van der Waals surface area contributed by atoms with E-state index in [1.54, 1.807) is 0 Å². The van der Waals surface area contributed by atoms with E-state index >= 15 is 0 Å². The Kier molecular flexibility index (Phi) is 7.72. The molecule has 1 saturated heterocycles. The van der Waals surface area contributed by atoms with Crippen molar-refractivity contribution in [3.8, 4) is 0 Å². The molecule has 0 spiro atoms. The standard InChI is InChI=1S/C14H26O7/c1-8(2)9(16)5-3-4-6-20-14-13(19)12(18)11(17)10(7-15)21-14/h8,10-15,17-19H,3-7H2,1-2H3. The molecule has 0 radical (unpaired) electrons. The predicted octanol–water partition coefficient (Wildman–Crippen LogP) is -0.802. The van der Waals surface area contributed by atoms with Crippen LogP contribution < -0.4 is 0 Å². The summed E-state index contributed by atoms with van der Waals surface area (Å²) in [5.41, 5.74) is 0. The summed E-state index contributed by atoms with van der Waals surface area (Å²) in [7, 11) is 0. The van der Waals surface area contributed by atoms with Gasteiger partial charge >= 0.3 is 0 Å². The van der Waals surface area contributed by atoms with Gasteiger partial charge in [0.15, 0.2) is 6.29 Å². The zero-order chi connectivity index (χ0) is 16.0. The smallest absolute Gasteiger partial charge is 0.186 e. The Balaban J connectivity index is 2.29. The fraction of sp³-hybridized carbons (Fsp3) is 0.929. The van der Waals surface area contributed by atoms with Gasteiger partial charge < -0.3 is 29.9 Å². The lowest BCUT2D eigenvalue weighted by atomic mass is 9.99. The Morgan fingerprint density at radius 1 is 1.14 bits per heavy atom. The maximum Gasteiger partial charge on any atom is 0.186 e. The molecule has 1 aliphatic rings. The molecule has 124 valence electrons. The van der Waals surface area contributed by atoms with Crippen molar-refractivity contribution in [3.63, 3.8) is 0 Å². The van der Waals surface area contributed by atoms with Gasteiger partial charge in [0.25, 0.3) is 0 Å². The van der Waals surface area contributed by atoms with Gasteiger partial charge in [0, 0.05) is 18.9 Å². The van der Waals surface area contributed by atoms with Crippen molar-refractivity contribution in [1.82, 2.24) is 0 Å². The van der Waals surface area contributed by atoms with E-state index in [1.807, 2.05) is 13.8 Å². The lowest BCUT2D eigenvalue weighted by molar-refractivity contribution is -0.301. The molecule has 1 aliphatic heterocycles. The minimum Gasteiger partial charge on any atom is -0.394 e. The second kappa shape index (κ2) is 8.77. The predicted molar refractivity (Wildman–Crippen MR) is 73.4 cm³/mol. The zero-order valence-electron chi connectivity index (χ0n) is 12.5. The van der Waals surface area contributed by atoms with E-state index < -0.39 is 37.3 Å². The highest BCUT2D eigenvalue weighted by Gasteiger charge is 2.43. The average Bonchev–Trinajstić information content (AvgIpc) is 2.46. The molecule has 1 rings (SSSR count). The third kappa shape index (κ3) is 5.28. The van der Waals surface area contributed by atoms with Crippen molar-refractivity contribution in [1.29, 1.82) is 0 Å². The first-order chi connectivity index (χ1) is 9.88. The summed E-state index contributed by atoms with van der Waals surface area (Å²) in [4.78, 5) is 11.4. The Hall–Kier alpha value is -0.570. The van der Waals surface area contributed by atoms with Crippen molar-refractivity contribution < 1.29 is 34.7 Å². The third-order valence-electron chi connectivity index (χ3n) is 3.59. The number of ether oxygens (including phenoxy) is 2. The summed E-state index contributed by atoms with van der Waals surface area (Å²) in [6.07, 6.45) is -4.47. The first-order valence-corrected chi connectivity index (χ1v) is 7.33. The quantitative estimate of drug-likeness (QED) is 0.434. The molecule has 0 amide bonds. The van der Waals surface area contributed by atoms with Crippen molar-refractivity contribution >= 4 is 5.78 Å². The number of carbonyl (C=O) groups excluding carboxylic acids is 1. The number of aliphatic hydroxyl groups is 4. The molecule has 0 aromatic carbocycles. The molecular formula is C14H26O7. The number of unbranched alkanes of at least 4 members (excludes halogenated alkanes) is 1. The fourth-order valence-electron chi connectivity index (χ4n) is 2.09. The van der Waals surface area contributed by atoms with Gasteiger partial charge in [-0.2, -0.15) is 0 Å². The number of carbonyl (C=O) groups is 1. The topological polar surface area (TPSA) is 116 Å². The van der Waals surface area contributed by atoms with Gasteiger partial charge in [-0.05, 0) is 12.8 Å². The van der Waals surface area contributed by atoms with Crippen LogP contribution in [0.4, 0.5) is 0 Å². The lowest BCUT2D eigenvalue weighted by Gasteiger charge is -2.39. The molecule has 0 aromatic rings. The summed E-state index contributed by atoms with van der Waals surface area (Å²) in [6.45, 7) is 3.49. The molecule has 1 fully saturated rings. The van der Waals surface area contributed by atoms with Gasteiger partial charge in [0.2, 0.25) is 0 Å². The van der Waals surface area contributed by atoms with Crippen molar-refractivity contribution in [2.24, 2.45) is 5.92 Å². The molecule has 5 atom stereocenters. The summed E-state index contributed by atoms with van der Waals surface area (Å²) < 4.78 is 10.5. The highest BCUT2D eigenvalue weighted by molar-refractivity contribution is 5.80. The van der Waals surface area contributed by atoms with Crippen molar-refractivity contribution in [3.05, 3.63) is 0 Å². The zero-order valence-corrected chi connectivity index (χ0v) is 12.5. The first-order valence-electron chi connectivity index (χ1n) is 7.33. The van der Waals surface area contributed by atoms with Crippen LogP contribution in [0.1, 0.15) is 33.1 Å². The highest BCUT2D eigenvalue weighted by atomic mass is 16.7. The van der Waals surface area contributed by atoms with Crippen LogP contribution in [0.2, 0.25) is 0 Å². The lowest BCUT2D eigenvalue weighted by Crippen LogP contribution is -2.59. The Morgan fingerprint density at radius 3 is 2.38 bits per heavy atom. The van der Waals surface area contributed by atoms with Gasteiger partial charge in [-0.15, -0.1) is 0 Å².